The molecule has 0 spiro atoms. The van der Waals surface area contributed by atoms with Gasteiger partial charge in [-0.1, -0.05) is 12.8 Å². The SMILES string of the molecule is Cc1nnc(C2CCCC2)n1CCCN. The first-order chi connectivity index (χ1) is 7.33. The maximum Gasteiger partial charge on any atom is 0.136 e. The number of rotatable bonds is 4. The van der Waals surface area contributed by atoms with Crippen molar-refractivity contribution in [2.45, 2.75) is 51.5 Å². The van der Waals surface area contributed by atoms with Crippen molar-refractivity contribution in [3.05, 3.63) is 11.6 Å². The molecule has 1 aliphatic carbocycles. The molecule has 0 unspecified atom stereocenters. The first-order valence-electron chi connectivity index (χ1n) is 5.92. The highest BCUT2D eigenvalue weighted by molar-refractivity contribution is 5.03. The first-order valence-corrected chi connectivity index (χ1v) is 5.92. The number of hydrogen-bond donors (Lipinski definition) is 1. The summed E-state index contributed by atoms with van der Waals surface area (Å²) in [7, 11) is 0. The minimum absolute atomic E-state index is 0.643. The van der Waals surface area contributed by atoms with Crippen LogP contribution in [-0.4, -0.2) is 21.3 Å². The molecular weight excluding hydrogens is 188 g/mol. The van der Waals surface area contributed by atoms with Crippen molar-refractivity contribution in [3.63, 3.8) is 0 Å². The Morgan fingerprint density at radius 2 is 2.07 bits per heavy atom. The molecule has 0 bridgehead atoms. The largest absolute Gasteiger partial charge is 0.330 e. The number of aromatic nitrogens is 3. The summed E-state index contributed by atoms with van der Waals surface area (Å²) in [5, 5.41) is 8.51. The Kier molecular flexibility index (Phi) is 3.36. The van der Waals surface area contributed by atoms with Gasteiger partial charge in [-0.3, -0.25) is 0 Å². The molecule has 0 saturated heterocycles. The summed E-state index contributed by atoms with van der Waals surface area (Å²) in [5.74, 6) is 2.87. The fraction of sp³-hybridized carbons (Fsp3) is 0.818. The van der Waals surface area contributed by atoms with Gasteiger partial charge in [-0.05, 0) is 32.7 Å². The zero-order valence-electron chi connectivity index (χ0n) is 9.45. The van der Waals surface area contributed by atoms with Crippen molar-refractivity contribution in [3.8, 4) is 0 Å². The van der Waals surface area contributed by atoms with Crippen LogP contribution in [0.4, 0.5) is 0 Å². The van der Waals surface area contributed by atoms with Gasteiger partial charge in [-0.15, -0.1) is 10.2 Å². The molecule has 1 aromatic rings. The van der Waals surface area contributed by atoms with Gasteiger partial charge in [0.15, 0.2) is 0 Å². The van der Waals surface area contributed by atoms with Crippen LogP contribution < -0.4 is 5.73 Å². The van der Waals surface area contributed by atoms with Crippen LogP contribution in [0.3, 0.4) is 0 Å². The van der Waals surface area contributed by atoms with Gasteiger partial charge in [0.2, 0.25) is 0 Å². The van der Waals surface area contributed by atoms with Gasteiger partial charge in [0.25, 0.3) is 0 Å². The lowest BCUT2D eigenvalue weighted by molar-refractivity contribution is 0.556. The number of nitrogens with zero attached hydrogens (tertiary/aromatic N) is 3. The second-order valence-corrected chi connectivity index (χ2v) is 4.38. The third-order valence-corrected chi connectivity index (χ3v) is 3.27. The first kappa shape index (κ1) is 10.6. The molecule has 1 aromatic heterocycles. The van der Waals surface area contributed by atoms with Crippen LogP contribution in [0, 0.1) is 6.92 Å². The molecule has 1 saturated carbocycles. The topological polar surface area (TPSA) is 56.7 Å². The zero-order chi connectivity index (χ0) is 10.7. The molecule has 84 valence electrons. The molecular formula is C11H20N4. The number of hydrogen-bond acceptors (Lipinski definition) is 3. The molecule has 0 radical (unpaired) electrons. The van der Waals surface area contributed by atoms with E-state index < -0.39 is 0 Å². The van der Waals surface area contributed by atoms with Crippen molar-refractivity contribution in [2.75, 3.05) is 6.54 Å². The average molecular weight is 208 g/mol. The van der Waals surface area contributed by atoms with Crippen molar-refractivity contribution in [1.82, 2.24) is 14.8 Å². The third-order valence-electron chi connectivity index (χ3n) is 3.27. The monoisotopic (exact) mass is 208 g/mol. The normalized spacial score (nSPS) is 17.5. The van der Waals surface area contributed by atoms with Crippen LogP contribution >= 0.6 is 0 Å². The molecule has 1 heterocycles. The summed E-state index contributed by atoms with van der Waals surface area (Å²) in [6.45, 7) is 3.74. The Morgan fingerprint density at radius 3 is 2.73 bits per heavy atom. The quantitative estimate of drug-likeness (QED) is 0.817. The Bertz CT molecular complexity index is 312. The lowest BCUT2D eigenvalue weighted by atomic mass is 10.1. The van der Waals surface area contributed by atoms with Crippen LogP contribution in [0.25, 0.3) is 0 Å². The summed E-state index contributed by atoms with van der Waals surface area (Å²) >= 11 is 0. The van der Waals surface area contributed by atoms with E-state index in [1.165, 1.54) is 31.5 Å². The minimum atomic E-state index is 0.643. The molecule has 0 atom stereocenters. The Balaban J connectivity index is 2.14. The van der Waals surface area contributed by atoms with Gasteiger partial charge in [-0.25, -0.2) is 0 Å². The van der Waals surface area contributed by atoms with E-state index in [1.807, 2.05) is 6.92 Å². The average Bonchev–Trinajstić information content (AvgIpc) is 2.84. The van der Waals surface area contributed by atoms with Gasteiger partial charge >= 0.3 is 0 Å². The zero-order valence-corrected chi connectivity index (χ0v) is 9.45. The highest BCUT2D eigenvalue weighted by Gasteiger charge is 2.23. The third kappa shape index (κ3) is 2.20. The molecule has 4 heteroatoms. The van der Waals surface area contributed by atoms with Crippen LogP contribution in [0.15, 0.2) is 0 Å². The molecule has 2 N–H and O–H groups in total. The minimum Gasteiger partial charge on any atom is -0.330 e. The van der Waals surface area contributed by atoms with Gasteiger partial charge in [0.1, 0.15) is 11.6 Å². The standard InChI is InChI=1S/C11H20N4/c1-9-13-14-11(10-5-2-3-6-10)15(9)8-4-7-12/h10H,2-8,12H2,1H3. The van der Waals surface area contributed by atoms with Crippen molar-refractivity contribution >= 4 is 0 Å². The fourth-order valence-corrected chi connectivity index (χ4v) is 2.41. The lowest BCUT2D eigenvalue weighted by Gasteiger charge is -2.12. The van der Waals surface area contributed by atoms with Crippen LogP contribution in [-0.2, 0) is 6.54 Å². The fourth-order valence-electron chi connectivity index (χ4n) is 2.41. The van der Waals surface area contributed by atoms with E-state index in [9.17, 15) is 0 Å². The maximum absolute atomic E-state index is 5.54. The predicted octanol–water partition coefficient (Wildman–Crippen LogP) is 1.59. The summed E-state index contributed by atoms with van der Waals surface area (Å²) in [6, 6.07) is 0. The maximum atomic E-state index is 5.54. The Labute approximate surface area is 90.9 Å². The van der Waals surface area contributed by atoms with E-state index in [1.54, 1.807) is 0 Å². The molecule has 0 aliphatic heterocycles. The second-order valence-electron chi connectivity index (χ2n) is 4.38. The van der Waals surface area contributed by atoms with E-state index in [0.717, 1.165) is 25.3 Å². The Morgan fingerprint density at radius 1 is 1.33 bits per heavy atom. The second kappa shape index (κ2) is 4.75. The predicted molar refractivity (Wildman–Crippen MR) is 59.6 cm³/mol. The highest BCUT2D eigenvalue weighted by atomic mass is 15.3. The molecule has 15 heavy (non-hydrogen) atoms. The number of aryl methyl sites for hydroxylation is 1. The molecule has 1 aliphatic rings. The van der Waals surface area contributed by atoms with Gasteiger partial charge in [0.05, 0.1) is 0 Å². The van der Waals surface area contributed by atoms with Crippen LogP contribution in [0.5, 0.6) is 0 Å². The van der Waals surface area contributed by atoms with E-state index in [0.29, 0.717) is 5.92 Å². The van der Waals surface area contributed by atoms with Crippen molar-refractivity contribution in [1.29, 1.82) is 0 Å². The van der Waals surface area contributed by atoms with E-state index in [4.69, 9.17) is 5.73 Å². The summed E-state index contributed by atoms with van der Waals surface area (Å²) < 4.78 is 2.25. The Hall–Kier alpha value is -0.900. The molecule has 4 nitrogen and oxygen atoms in total. The lowest BCUT2D eigenvalue weighted by Crippen LogP contribution is -2.12. The summed E-state index contributed by atoms with van der Waals surface area (Å²) in [5.41, 5.74) is 5.54. The molecule has 1 fully saturated rings. The van der Waals surface area contributed by atoms with E-state index in [-0.39, 0.29) is 0 Å². The van der Waals surface area contributed by atoms with Crippen molar-refractivity contribution < 1.29 is 0 Å². The van der Waals surface area contributed by atoms with E-state index in [2.05, 4.69) is 14.8 Å². The van der Waals surface area contributed by atoms with Gasteiger partial charge in [-0.2, -0.15) is 0 Å². The van der Waals surface area contributed by atoms with Gasteiger partial charge < -0.3 is 10.3 Å². The van der Waals surface area contributed by atoms with Gasteiger partial charge in [0, 0.05) is 12.5 Å². The summed E-state index contributed by atoms with van der Waals surface area (Å²) in [4.78, 5) is 0. The smallest absolute Gasteiger partial charge is 0.136 e. The number of nitrogens with two attached hydrogens (primary N) is 1. The summed E-state index contributed by atoms with van der Waals surface area (Å²) in [6.07, 6.45) is 6.25. The van der Waals surface area contributed by atoms with Crippen LogP contribution in [0.2, 0.25) is 0 Å². The molecule has 0 aromatic carbocycles. The molecule has 0 amide bonds. The van der Waals surface area contributed by atoms with E-state index >= 15 is 0 Å². The molecule has 2 rings (SSSR count). The van der Waals surface area contributed by atoms with Crippen molar-refractivity contribution in [2.24, 2.45) is 5.73 Å². The van der Waals surface area contributed by atoms with Crippen LogP contribution in [0.1, 0.15) is 49.7 Å². The highest BCUT2D eigenvalue weighted by Crippen LogP contribution is 2.33.